The maximum atomic E-state index is 12.1. The van der Waals surface area contributed by atoms with Gasteiger partial charge in [0.2, 0.25) is 5.91 Å². The predicted octanol–water partition coefficient (Wildman–Crippen LogP) is 2.49. The van der Waals surface area contributed by atoms with E-state index in [1.165, 1.54) is 44.9 Å². The number of carbonyl (C=O) groups is 1. The summed E-state index contributed by atoms with van der Waals surface area (Å²) in [5.41, 5.74) is 0. The van der Waals surface area contributed by atoms with Crippen LogP contribution in [-0.2, 0) is 4.79 Å². The molecule has 0 aromatic rings. The number of nitrogens with one attached hydrogen (secondary N) is 2. The van der Waals surface area contributed by atoms with Crippen LogP contribution in [0.25, 0.3) is 0 Å². The van der Waals surface area contributed by atoms with Gasteiger partial charge in [0.25, 0.3) is 0 Å². The van der Waals surface area contributed by atoms with E-state index in [1.807, 2.05) is 0 Å². The van der Waals surface area contributed by atoms with Crippen LogP contribution in [-0.4, -0.2) is 25.0 Å². The van der Waals surface area contributed by atoms with Crippen LogP contribution in [0.5, 0.6) is 0 Å². The molecule has 1 saturated carbocycles. The molecule has 0 bridgehead atoms. The molecule has 0 radical (unpaired) electrons. The van der Waals surface area contributed by atoms with Gasteiger partial charge in [0.15, 0.2) is 0 Å². The lowest BCUT2D eigenvalue weighted by Crippen LogP contribution is -2.51. The summed E-state index contributed by atoms with van der Waals surface area (Å²) >= 11 is 0. The van der Waals surface area contributed by atoms with Crippen molar-refractivity contribution in [1.29, 1.82) is 0 Å². The topological polar surface area (TPSA) is 41.1 Å². The molecule has 1 heterocycles. The van der Waals surface area contributed by atoms with Crippen LogP contribution in [0, 0.1) is 11.8 Å². The first-order valence-electron chi connectivity index (χ1n) is 7.28. The van der Waals surface area contributed by atoms with Crippen molar-refractivity contribution in [2.24, 2.45) is 11.8 Å². The molecule has 2 N–H and O–H groups in total. The fourth-order valence-electron chi connectivity index (χ4n) is 2.81. The van der Waals surface area contributed by atoms with Crippen molar-refractivity contribution in [3.63, 3.8) is 0 Å². The minimum absolute atomic E-state index is 0. The quantitative estimate of drug-likeness (QED) is 0.830. The van der Waals surface area contributed by atoms with Gasteiger partial charge < -0.3 is 10.6 Å². The Morgan fingerprint density at radius 2 is 1.67 bits per heavy atom. The largest absolute Gasteiger partial charge is 0.353 e. The van der Waals surface area contributed by atoms with Crippen molar-refractivity contribution < 1.29 is 4.79 Å². The SMILES string of the molecule is CC(C(=O)NC1CCCCCCC1)C1CNC1.Cl. The van der Waals surface area contributed by atoms with Gasteiger partial charge in [0.1, 0.15) is 0 Å². The normalized spacial score (nSPS) is 24.1. The summed E-state index contributed by atoms with van der Waals surface area (Å²) in [7, 11) is 0. The summed E-state index contributed by atoms with van der Waals surface area (Å²) in [6.45, 7) is 4.10. The Hall–Kier alpha value is -0.280. The molecule has 0 aromatic carbocycles. The molecule has 2 fully saturated rings. The van der Waals surface area contributed by atoms with Crippen LogP contribution >= 0.6 is 12.4 Å². The van der Waals surface area contributed by atoms with E-state index in [1.54, 1.807) is 0 Å². The second-order valence-electron chi connectivity index (χ2n) is 5.76. The summed E-state index contributed by atoms with van der Waals surface area (Å²) in [5.74, 6) is 1.02. The Morgan fingerprint density at radius 1 is 1.11 bits per heavy atom. The Balaban J connectivity index is 0.00000162. The minimum Gasteiger partial charge on any atom is -0.353 e. The lowest BCUT2D eigenvalue weighted by atomic mass is 9.87. The molecule has 1 atom stereocenters. The van der Waals surface area contributed by atoms with E-state index in [0.29, 0.717) is 12.0 Å². The van der Waals surface area contributed by atoms with E-state index in [0.717, 1.165) is 13.1 Å². The van der Waals surface area contributed by atoms with Gasteiger partial charge in [-0.3, -0.25) is 4.79 Å². The summed E-state index contributed by atoms with van der Waals surface area (Å²) in [6.07, 6.45) is 8.99. The lowest BCUT2D eigenvalue weighted by molar-refractivity contribution is -0.127. The van der Waals surface area contributed by atoms with Crippen molar-refractivity contribution in [1.82, 2.24) is 10.6 Å². The minimum atomic E-state index is 0. The van der Waals surface area contributed by atoms with E-state index in [-0.39, 0.29) is 24.2 Å². The van der Waals surface area contributed by atoms with Crippen molar-refractivity contribution >= 4 is 18.3 Å². The van der Waals surface area contributed by atoms with E-state index < -0.39 is 0 Å². The van der Waals surface area contributed by atoms with Crippen molar-refractivity contribution in [3.8, 4) is 0 Å². The highest BCUT2D eigenvalue weighted by atomic mass is 35.5. The zero-order valence-corrected chi connectivity index (χ0v) is 12.2. The Kier molecular flexibility index (Phi) is 7.02. The van der Waals surface area contributed by atoms with Gasteiger partial charge in [0, 0.05) is 12.0 Å². The fourth-order valence-corrected chi connectivity index (χ4v) is 2.81. The first-order chi connectivity index (χ1) is 8.27. The van der Waals surface area contributed by atoms with Crippen molar-refractivity contribution in [3.05, 3.63) is 0 Å². The molecule has 18 heavy (non-hydrogen) atoms. The highest BCUT2D eigenvalue weighted by Crippen LogP contribution is 2.19. The van der Waals surface area contributed by atoms with Crippen LogP contribution in [0.2, 0.25) is 0 Å². The maximum Gasteiger partial charge on any atom is 0.223 e. The van der Waals surface area contributed by atoms with Gasteiger partial charge in [-0.15, -0.1) is 12.4 Å². The highest BCUT2D eigenvalue weighted by Gasteiger charge is 2.29. The van der Waals surface area contributed by atoms with E-state index in [2.05, 4.69) is 17.6 Å². The van der Waals surface area contributed by atoms with Crippen LogP contribution < -0.4 is 10.6 Å². The van der Waals surface area contributed by atoms with Gasteiger partial charge in [0.05, 0.1) is 0 Å². The number of amides is 1. The Labute approximate surface area is 117 Å². The molecule has 106 valence electrons. The summed E-state index contributed by atoms with van der Waals surface area (Å²) < 4.78 is 0. The highest BCUT2D eigenvalue weighted by molar-refractivity contribution is 5.85. The van der Waals surface area contributed by atoms with Crippen LogP contribution in [0.3, 0.4) is 0 Å². The summed E-state index contributed by atoms with van der Waals surface area (Å²) in [4.78, 5) is 12.1. The molecule has 1 aliphatic heterocycles. The molecule has 1 unspecified atom stereocenters. The van der Waals surface area contributed by atoms with Crippen LogP contribution in [0.15, 0.2) is 0 Å². The third kappa shape index (κ3) is 4.43. The van der Waals surface area contributed by atoms with Crippen LogP contribution in [0.4, 0.5) is 0 Å². The molecule has 1 saturated heterocycles. The molecule has 2 aliphatic rings. The molecule has 0 aromatic heterocycles. The smallest absolute Gasteiger partial charge is 0.223 e. The van der Waals surface area contributed by atoms with Crippen molar-refractivity contribution in [2.45, 2.75) is 57.9 Å². The van der Waals surface area contributed by atoms with Gasteiger partial charge in [-0.25, -0.2) is 0 Å². The third-order valence-corrected chi connectivity index (χ3v) is 4.39. The first kappa shape index (κ1) is 15.8. The summed E-state index contributed by atoms with van der Waals surface area (Å²) in [6, 6.07) is 0.443. The number of hydrogen-bond acceptors (Lipinski definition) is 2. The second-order valence-corrected chi connectivity index (χ2v) is 5.76. The molecule has 1 amide bonds. The van der Waals surface area contributed by atoms with E-state index in [4.69, 9.17) is 0 Å². The van der Waals surface area contributed by atoms with Crippen molar-refractivity contribution in [2.75, 3.05) is 13.1 Å². The van der Waals surface area contributed by atoms with Crippen LogP contribution in [0.1, 0.15) is 51.9 Å². The number of carbonyl (C=O) groups excluding carboxylic acids is 1. The molecule has 3 nitrogen and oxygen atoms in total. The molecule has 2 rings (SSSR count). The summed E-state index contributed by atoms with van der Waals surface area (Å²) in [5, 5.41) is 6.51. The maximum absolute atomic E-state index is 12.1. The van der Waals surface area contributed by atoms with Gasteiger partial charge >= 0.3 is 0 Å². The predicted molar refractivity (Wildman–Crippen MR) is 77.0 cm³/mol. The molecular weight excluding hydrogens is 248 g/mol. The van der Waals surface area contributed by atoms with Gasteiger partial charge in [-0.1, -0.05) is 39.0 Å². The fraction of sp³-hybridized carbons (Fsp3) is 0.929. The lowest BCUT2D eigenvalue weighted by Gasteiger charge is -2.33. The Morgan fingerprint density at radius 3 is 2.17 bits per heavy atom. The van der Waals surface area contributed by atoms with Gasteiger partial charge in [-0.2, -0.15) is 0 Å². The average Bonchev–Trinajstić information content (AvgIpc) is 2.19. The third-order valence-electron chi connectivity index (χ3n) is 4.39. The number of rotatable bonds is 3. The second kappa shape index (κ2) is 8.00. The molecule has 4 heteroatoms. The number of halogens is 1. The molecule has 1 aliphatic carbocycles. The first-order valence-corrected chi connectivity index (χ1v) is 7.28. The molecule has 0 spiro atoms. The molecular formula is C14H27ClN2O. The van der Waals surface area contributed by atoms with E-state index >= 15 is 0 Å². The van der Waals surface area contributed by atoms with Gasteiger partial charge in [-0.05, 0) is 31.8 Å². The Bertz CT molecular complexity index is 248. The zero-order valence-electron chi connectivity index (χ0n) is 11.4. The zero-order chi connectivity index (χ0) is 12.1. The average molecular weight is 275 g/mol. The monoisotopic (exact) mass is 274 g/mol. The number of hydrogen-bond donors (Lipinski definition) is 2. The van der Waals surface area contributed by atoms with E-state index in [9.17, 15) is 4.79 Å². The standard InChI is InChI=1S/C14H26N2O.ClH/c1-11(12-9-15-10-12)14(17)16-13-7-5-3-2-4-6-8-13;/h11-13,15H,2-10H2,1H3,(H,16,17);1H.